The largest absolute Gasteiger partial charge is 0.462 e. The van der Waals surface area contributed by atoms with Crippen LogP contribution in [0.1, 0.15) is 284 Å². The third kappa shape index (κ3) is 59.1. The molecule has 1 unspecified atom stereocenters. The summed E-state index contributed by atoms with van der Waals surface area (Å²) in [4.78, 5) is 24.6. The van der Waals surface area contributed by atoms with Crippen molar-refractivity contribution < 1.29 is 24.2 Å². The third-order valence-electron chi connectivity index (χ3n) is 13.1. The lowest BCUT2D eigenvalue weighted by molar-refractivity contribution is -0.161. The summed E-state index contributed by atoms with van der Waals surface area (Å²) in [5.41, 5.74) is 0. The van der Waals surface area contributed by atoms with Crippen LogP contribution in [-0.4, -0.2) is 36.4 Å². The molecule has 1 atom stereocenters. The number of allylic oxidation sites excluding steroid dienone is 18. The van der Waals surface area contributed by atoms with Crippen LogP contribution in [0.15, 0.2) is 109 Å². The summed E-state index contributed by atoms with van der Waals surface area (Å²) in [5, 5.41) is 9.67. The minimum atomic E-state index is -0.781. The van der Waals surface area contributed by atoms with Crippen molar-refractivity contribution in [2.75, 3.05) is 13.2 Å². The third-order valence-corrected chi connectivity index (χ3v) is 13.1. The first-order valence-corrected chi connectivity index (χ1v) is 30.4. The molecule has 0 radical (unpaired) electrons. The molecule has 0 aromatic rings. The van der Waals surface area contributed by atoms with E-state index in [0.29, 0.717) is 12.8 Å². The van der Waals surface area contributed by atoms with Crippen molar-refractivity contribution in [3.8, 4) is 0 Å². The Morgan fingerprint density at radius 3 is 0.833 bits per heavy atom. The first-order valence-electron chi connectivity index (χ1n) is 30.4. The number of esters is 2. The van der Waals surface area contributed by atoms with Crippen molar-refractivity contribution in [1.29, 1.82) is 0 Å². The molecule has 0 spiro atoms. The first kappa shape index (κ1) is 68.6. The molecule has 72 heavy (non-hydrogen) atoms. The van der Waals surface area contributed by atoms with Gasteiger partial charge in [-0.1, -0.05) is 284 Å². The summed E-state index contributed by atoms with van der Waals surface area (Å²) in [5.74, 6) is -0.592. The second kappa shape index (κ2) is 61.9. The van der Waals surface area contributed by atoms with E-state index in [9.17, 15) is 14.7 Å². The highest BCUT2D eigenvalue weighted by Crippen LogP contribution is 2.17. The number of carbonyl (C=O) groups excluding carboxylic acids is 2. The number of hydrogen-bond acceptors (Lipinski definition) is 5. The van der Waals surface area contributed by atoms with Crippen LogP contribution >= 0.6 is 0 Å². The number of rotatable bonds is 55. The molecule has 0 rings (SSSR count). The maximum atomic E-state index is 12.3. The first-order chi connectivity index (χ1) is 35.6. The molecule has 1 N–H and O–H groups in total. The quantitative estimate of drug-likeness (QED) is 0.0373. The van der Waals surface area contributed by atoms with Gasteiger partial charge >= 0.3 is 11.9 Å². The van der Waals surface area contributed by atoms with E-state index in [-0.39, 0.29) is 25.2 Å². The van der Waals surface area contributed by atoms with Gasteiger partial charge in [0, 0.05) is 12.8 Å². The average Bonchev–Trinajstić information content (AvgIpc) is 3.38. The van der Waals surface area contributed by atoms with Crippen LogP contribution in [0.25, 0.3) is 0 Å². The molecule has 0 fully saturated rings. The molecular weight excluding hydrogens is 885 g/mol. The van der Waals surface area contributed by atoms with Crippen molar-refractivity contribution in [2.45, 2.75) is 290 Å². The number of aliphatic hydroxyl groups is 1. The normalized spacial score (nSPS) is 13.0. The maximum absolute atomic E-state index is 12.3. The van der Waals surface area contributed by atoms with Crippen molar-refractivity contribution in [2.24, 2.45) is 0 Å². The molecule has 0 amide bonds. The summed E-state index contributed by atoms with van der Waals surface area (Å²) in [6.45, 7) is 3.93. The fraction of sp³-hybridized carbons (Fsp3) is 0.701. The number of ether oxygens (including phenoxy) is 2. The lowest BCUT2D eigenvalue weighted by atomic mass is 10.0. The number of aliphatic hydroxyl groups excluding tert-OH is 1. The Hall–Kier alpha value is -3.44. The molecule has 412 valence electrons. The van der Waals surface area contributed by atoms with Gasteiger partial charge in [0.05, 0.1) is 6.61 Å². The summed E-state index contributed by atoms with van der Waals surface area (Å²) in [6.07, 6.45) is 89.4. The highest BCUT2D eigenvalue weighted by atomic mass is 16.6. The van der Waals surface area contributed by atoms with E-state index in [0.717, 1.165) is 96.3 Å². The summed E-state index contributed by atoms with van der Waals surface area (Å²) in [6, 6.07) is 0. The van der Waals surface area contributed by atoms with Crippen LogP contribution < -0.4 is 0 Å². The van der Waals surface area contributed by atoms with Crippen LogP contribution in [0, 0.1) is 0 Å². The summed E-state index contributed by atoms with van der Waals surface area (Å²) in [7, 11) is 0. The molecule has 0 heterocycles. The van der Waals surface area contributed by atoms with Gasteiger partial charge in [-0.25, -0.2) is 0 Å². The van der Waals surface area contributed by atoms with Gasteiger partial charge in [-0.05, 0) is 96.3 Å². The van der Waals surface area contributed by atoms with Crippen molar-refractivity contribution in [3.63, 3.8) is 0 Å². The smallest absolute Gasteiger partial charge is 0.306 e. The predicted molar refractivity (Wildman–Crippen MR) is 315 cm³/mol. The van der Waals surface area contributed by atoms with E-state index in [4.69, 9.17) is 9.47 Å². The van der Waals surface area contributed by atoms with E-state index in [2.05, 4.69) is 123 Å². The fourth-order valence-corrected chi connectivity index (χ4v) is 8.58. The minimum Gasteiger partial charge on any atom is -0.462 e. The minimum absolute atomic E-state index is 0.0707. The van der Waals surface area contributed by atoms with Crippen LogP contribution in [0.4, 0.5) is 0 Å². The Labute approximate surface area is 446 Å². The van der Waals surface area contributed by atoms with E-state index >= 15 is 0 Å². The van der Waals surface area contributed by atoms with Gasteiger partial charge in [-0.3, -0.25) is 9.59 Å². The van der Waals surface area contributed by atoms with Gasteiger partial charge in [0.2, 0.25) is 0 Å². The second-order valence-corrected chi connectivity index (χ2v) is 20.0. The van der Waals surface area contributed by atoms with Crippen molar-refractivity contribution >= 4 is 11.9 Å². The molecule has 0 aliphatic rings. The molecule has 0 aliphatic heterocycles. The Bertz CT molecular complexity index is 1410. The zero-order valence-electron chi connectivity index (χ0n) is 47.2. The van der Waals surface area contributed by atoms with Gasteiger partial charge in [0.1, 0.15) is 6.61 Å². The van der Waals surface area contributed by atoms with E-state index in [1.165, 1.54) is 161 Å². The monoisotopic (exact) mass is 999 g/mol. The van der Waals surface area contributed by atoms with Crippen LogP contribution in [0.2, 0.25) is 0 Å². The Balaban J connectivity index is 3.47. The molecule has 0 saturated heterocycles. The zero-order valence-corrected chi connectivity index (χ0v) is 47.2. The fourth-order valence-electron chi connectivity index (χ4n) is 8.58. The molecule has 0 bridgehead atoms. The van der Waals surface area contributed by atoms with Crippen molar-refractivity contribution in [1.82, 2.24) is 0 Å². The molecule has 0 aliphatic carbocycles. The molecule has 5 nitrogen and oxygen atoms in total. The Morgan fingerprint density at radius 1 is 0.319 bits per heavy atom. The lowest BCUT2D eigenvalue weighted by Gasteiger charge is -2.15. The highest BCUT2D eigenvalue weighted by Gasteiger charge is 2.16. The maximum Gasteiger partial charge on any atom is 0.306 e. The second-order valence-electron chi connectivity index (χ2n) is 20.0. The SMILES string of the molecule is CC/C=C\C/C=C\C/C=C\C/C=C\C/C=C\CCCCCCCCCCCC(=O)OC(CO)COC(=O)CCCCCCCCCCCCCCCCCCCCCC/C=C\C/C=C\C/C=C\C/C=C\CC. The predicted octanol–water partition coefficient (Wildman–Crippen LogP) is 20.9. The van der Waals surface area contributed by atoms with Gasteiger partial charge in [0.15, 0.2) is 6.10 Å². The Morgan fingerprint density at radius 2 is 0.556 bits per heavy atom. The summed E-state index contributed by atoms with van der Waals surface area (Å²) >= 11 is 0. The van der Waals surface area contributed by atoms with Crippen LogP contribution in [-0.2, 0) is 19.1 Å². The van der Waals surface area contributed by atoms with Gasteiger partial charge < -0.3 is 14.6 Å². The number of unbranched alkanes of at least 4 members (excludes halogenated alkanes) is 29. The molecule has 0 saturated carbocycles. The van der Waals surface area contributed by atoms with Gasteiger partial charge in [0.25, 0.3) is 0 Å². The van der Waals surface area contributed by atoms with Gasteiger partial charge in [-0.15, -0.1) is 0 Å². The standard InChI is InChI=1S/C67H114O5/c1-3-5-7-9-11-13-15-17-19-21-23-25-27-29-30-31-32-33-34-35-36-38-39-41-43-45-47-49-51-53-55-57-59-61-66(69)71-64-65(63-68)72-67(70)62-60-58-56-54-52-50-48-46-44-42-40-37-28-26-24-22-20-18-16-14-12-10-8-6-4-2/h5-8,11-14,17-20,23-26,37,40,65,68H,3-4,9-10,15-16,21-22,27-36,38-39,41-64H2,1-2H3/b7-5-,8-6-,13-11-,14-12-,19-17-,20-18-,25-23-,26-24-,40-37-. The molecule has 0 aromatic carbocycles. The van der Waals surface area contributed by atoms with E-state index in [1.807, 2.05) is 0 Å². The lowest BCUT2D eigenvalue weighted by Crippen LogP contribution is -2.28. The van der Waals surface area contributed by atoms with Crippen LogP contribution in [0.5, 0.6) is 0 Å². The average molecular weight is 1000 g/mol. The summed E-state index contributed by atoms with van der Waals surface area (Å²) < 4.78 is 10.7. The van der Waals surface area contributed by atoms with E-state index in [1.54, 1.807) is 0 Å². The number of hydrogen-bond donors (Lipinski definition) is 1. The van der Waals surface area contributed by atoms with Crippen molar-refractivity contribution in [3.05, 3.63) is 109 Å². The zero-order chi connectivity index (χ0) is 52.0. The molecule has 0 aromatic heterocycles. The number of carbonyl (C=O) groups is 2. The van der Waals surface area contributed by atoms with Gasteiger partial charge in [-0.2, -0.15) is 0 Å². The topological polar surface area (TPSA) is 72.8 Å². The van der Waals surface area contributed by atoms with Crippen LogP contribution in [0.3, 0.4) is 0 Å². The highest BCUT2D eigenvalue weighted by molar-refractivity contribution is 5.70. The molecular formula is C67H114O5. The Kier molecular flexibility index (Phi) is 58.9. The van der Waals surface area contributed by atoms with E-state index < -0.39 is 6.10 Å². The molecule has 5 heteroatoms.